The number of amides is 2. The van der Waals surface area contributed by atoms with Crippen LogP contribution in [0.25, 0.3) is 6.08 Å². The van der Waals surface area contributed by atoms with Crippen LogP contribution in [0.3, 0.4) is 0 Å². The molecule has 0 aliphatic carbocycles. The molecule has 0 saturated heterocycles. The van der Waals surface area contributed by atoms with Gasteiger partial charge < -0.3 is 15.2 Å². The Morgan fingerprint density at radius 3 is 2.73 bits per heavy atom. The van der Waals surface area contributed by atoms with Gasteiger partial charge in [-0.25, -0.2) is 0 Å². The summed E-state index contributed by atoms with van der Waals surface area (Å²) in [6, 6.07) is 13.2. The molecule has 0 aliphatic heterocycles. The van der Waals surface area contributed by atoms with Crippen molar-refractivity contribution in [2.24, 2.45) is 0 Å². The average Bonchev–Trinajstić information content (AvgIpc) is 3.19. The molecular formula is C23H23ClIN5O2S. The number of anilines is 1. The van der Waals surface area contributed by atoms with Crippen LogP contribution in [0.2, 0.25) is 5.02 Å². The van der Waals surface area contributed by atoms with E-state index in [9.17, 15) is 9.59 Å². The smallest absolute Gasteiger partial charge is 0.244 e. The second-order valence-corrected chi connectivity index (χ2v) is 9.61. The molecule has 2 aromatic carbocycles. The maximum Gasteiger partial charge on any atom is 0.244 e. The molecule has 7 nitrogen and oxygen atoms in total. The van der Waals surface area contributed by atoms with Crippen LogP contribution in [-0.2, 0) is 22.7 Å². The van der Waals surface area contributed by atoms with Gasteiger partial charge in [0.25, 0.3) is 0 Å². The first-order valence-corrected chi connectivity index (χ1v) is 12.6. The van der Waals surface area contributed by atoms with E-state index in [0.717, 1.165) is 20.4 Å². The van der Waals surface area contributed by atoms with Crippen molar-refractivity contribution >= 4 is 69.5 Å². The van der Waals surface area contributed by atoms with Crippen LogP contribution in [0.5, 0.6) is 0 Å². The Balaban J connectivity index is 1.54. The van der Waals surface area contributed by atoms with E-state index < -0.39 is 0 Å². The predicted molar refractivity (Wildman–Crippen MR) is 141 cm³/mol. The van der Waals surface area contributed by atoms with Crippen molar-refractivity contribution in [2.75, 3.05) is 11.1 Å². The standard InChI is InChI=1S/C23H23ClIN5O2S/c1-3-30-20(13-26-21(31)11-8-16-6-4-5-7-18(16)24)28-29-23(30)33-14-22(32)27-19-10-9-17(25)12-15(19)2/h4-12H,3,13-14H2,1-2H3,(H,26,31)(H,27,32)/b11-8+. The number of carbonyl (C=O) groups excluding carboxylic acids is 2. The van der Waals surface area contributed by atoms with Crippen LogP contribution < -0.4 is 10.6 Å². The predicted octanol–water partition coefficient (Wildman–Crippen LogP) is 4.92. The Bertz CT molecular complexity index is 1180. The summed E-state index contributed by atoms with van der Waals surface area (Å²) in [6.45, 7) is 4.77. The van der Waals surface area contributed by atoms with E-state index in [-0.39, 0.29) is 24.1 Å². The van der Waals surface area contributed by atoms with Crippen molar-refractivity contribution in [3.8, 4) is 0 Å². The van der Waals surface area contributed by atoms with Crippen molar-refractivity contribution < 1.29 is 9.59 Å². The number of aromatic nitrogens is 3. The number of benzene rings is 2. The zero-order valence-corrected chi connectivity index (χ0v) is 21.9. The third-order valence-electron chi connectivity index (χ3n) is 4.64. The van der Waals surface area contributed by atoms with Crippen LogP contribution in [0.15, 0.2) is 53.7 Å². The SMILES string of the molecule is CCn1c(CNC(=O)/C=C/c2ccccc2Cl)nnc1SCC(=O)Nc1ccc(I)cc1C. The van der Waals surface area contributed by atoms with Gasteiger partial charge in [-0.15, -0.1) is 10.2 Å². The third kappa shape index (κ3) is 7.31. The van der Waals surface area contributed by atoms with Gasteiger partial charge in [0.15, 0.2) is 11.0 Å². The molecule has 0 atom stereocenters. The molecule has 3 rings (SSSR count). The van der Waals surface area contributed by atoms with Gasteiger partial charge in [0.05, 0.1) is 12.3 Å². The summed E-state index contributed by atoms with van der Waals surface area (Å²) in [5, 5.41) is 15.3. The minimum absolute atomic E-state index is 0.116. The number of aryl methyl sites for hydroxylation is 1. The number of rotatable bonds is 9. The molecule has 3 aromatic rings. The lowest BCUT2D eigenvalue weighted by Gasteiger charge is -2.09. The summed E-state index contributed by atoms with van der Waals surface area (Å²) in [5.41, 5.74) is 2.58. The molecule has 0 saturated carbocycles. The highest BCUT2D eigenvalue weighted by atomic mass is 127. The first kappa shape index (κ1) is 25.3. The number of hydrogen-bond donors (Lipinski definition) is 2. The molecule has 2 amide bonds. The van der Waals surface area contributed by atoms with Gasteiger partial charge in [0.1, 0.15) is 0 Å². The number of thioether (sulfide) groups is 1. The summed E-state index contributed by atoms with van der Waals surface area (Å²) >= 11 is 9.64. The number of carbonyl (C=O) groups is 2. The van der Waals surface area contributed by atoms with Crippen molar-refractivity contribution in [3.05, 3.63) is 74.1 Å². The Kier molecular flexibility index (Phi) is 9.33. The number of hydrogen-bond acceptors (Lipinski definition) is 5. The van der Waals surface area contributed by atoms with Crippen LogP contribution >= 0.6 is 46.0 Å². The molecule has 0 unspecified atom stereocenters. The summed E-state index contributed by atoms with van der Waals surface area (Å²) in [7, 11) is 0. The maximum absolute atomic E-state index is 12.4. The van der Waals surface area contributed by atoms with E-state index in [4.69, 9.17) is 11.6 Å². The number of nitrogens with zero attached hydrogens (tertiary/aromatic N) is 3. The lowest BCUT2D eigenvalue weighted by Crippen LogP contribution is -2.22. The van der Waals surface area contributed by atoms with E-state index in [0.29, 0.717) is 22.5 Å². The fourth-order valence-electron chi connectivity index (χ4n) is 2.96. The van der Waals surface area contributed by atoms with Gasteiger partial charge in [-0.05, 0) is 77.9 Å². The van der Waals surface area contributed by atoms with Crippen molar-refractivity contribution in [1.29, 1.82) is 0 Å². The van der Waals surface area contributed by atoms with Crippen LogP contribution in [0, 0.1) is 10.5 Å². The maximum atomic E-state index is 12.4. The first-order chi connectivity index (χ1) is 15.9. The lowest BCUT2D eigenvalue weighted by atomic mass is 10.2. The topological polar surface area (TPSA) is 88.9 Å². The molecule has 33 heavy (non-hydrogen) atoms. The van der Waals surface area contributed by atoms with Crippen LogP contribution in [0.1, 0.15) is 23.9 Å². The summed E-state index contributed by atoms with van der Waals surface area (Å²) < 4.78 is 3.00. The molecule has 1 heterocycles. The van der Waals surface area contributed by atoms with Gasteiger partial charge in [0.2, 0.25) is 11.8 Å². The zero-order valence-electron chi connectivity index (χ0n) is 18.1. The Morgan fingerprint density at radius 2 is 2.00 bits per heavy atom. The number of halogens is 2. The van der Waals surface area contributed by atoms with Crippen molar-refractivity contribution in [1.82, 2.24) is 20.1 Å². The molecule has 0 aliphatic rings. The lowest BCUT2D eigenvalue weighted by molar-refractivity contribution is -0.116. The van der Waals surface area contributed by atoms with E-state index in [1.165, 1.54) is 17.8 Å². The second-order valence-electron chi connectivity index (χ2n) is 7.01. The fourth-order valence-corrected chi connectivity index (χ4v) is 4.63. The summed E-state index contributed by atoms with van der Waals surface area (Å²) in [4.78, 5) is 24.6. The van der Waals surface area contributed by atoms with E-state index in [1.807, 2.05) is 54.8 Å². The van der Waals surface area contributed by atoms with Gasteiger partial charge in [0, 0.05) is 26.9 Å². The molecule has 0 radical (unpaired) electrons. The van der Waals surface area contributed by atoms with E-state index in [1.54, 1.807) is 12.1 Å². The third-order valence-corrected chi connectivity index (χ3v) is 6.63. The molecule has 0 fully saturated rings. The molecule has 172 valence electrons. The fraction of sp³-hybridized carbons (Fsp3) is 0.217. The van der Waals surface area contributed by atoms with Crippen molar-refractivity contribution in [2.45, 2.75) is 32.1 Å². The van der Waals surface area contributed by atoms with Gasteiger partial charge in [-0.2, -0.15) is 0 Å². The Morgan fingerprint density at radius 1 is 1.21 bits per heavy atom. The highest BCUT2D eigenvalue weighted by Gasteiger charge is 2.14. The monoisotopic (exact) mass is 595 g/mol. The second kappa shape index (κ2) is 12.2. The molecule has 1 aromatic heterocycles. The Labute approximate surface area is 215 Å². The first-order valence-electron chi connectivity index (χ1n) is 10.2. The summed E-state index contributed by atoms with van der Waals surface area (Å²) in [6.07, 6.45) is 3.10. The van der Waals surface area contributed by atoms with Crippen LogP contribution in [0.4, 0.5) is 5.69 Å². The zero-order chi connectivity index (χ0) is 23.8. The molecule has 0 spiro atoms. The molecule has 0 bridgehead atoms. The normalized spacial score (nSPS) is 11.0. The molecular weight excluding hydrogens is 573 g/mol. The van der Waals surface area contributed by atoms with Crippen molar-refractivity contribution in [3.63, 3.8) is 0 Å². The minimum atomic E-state index is -0.262. The van der Waals surface area contributed by atoms with Gasteiger partial charge in [-0.3, -0.25) is 9.59 Å². The highest BCUT2D eigenvalue weighted by Crippen LogP contribution is 2.20. The Hall–Kier alpha value is -2.37. The van der Waals surface area contributed by atoms with E-state index >= 15 is 0 Å². The molecule has 10 heteroatoms. The highest BCUT2D eigenvalue weighted by molar-refractivity contribution is 14.1. The average molecular weight is 596 g/mol. The molecule has 2 N–H and O–H groups in total. The summed E-state index contributed by atoms with van der Waals surface area (Å²) in [5.74, 6) is 0.446. The quantitative estimate of drug-likeness (QED) is 0.208. The minimum Gasteiger partial charge on any atom is -0.345 e. The largest absolute Gasteiger partial charge is 0.345 e. The van der Waals surface area contributed by atoms with Gasteiger partial charge >= 0.3 is 0 Å². The van der Waals surface area contributed by atoms with Crippen LogP contribution in [-0.4, -0.2) is 32.3 Å². The van der Waals surface area contributed by atoms with E-state index in [2.05, 4.69) is 43.4 Å². The van der Waals surface area contributed by atoms with Gasteiger partial charge in [-0.1, -0.05) is 41.6 Å². The number of nitrogens with one attached hydrogen (secondary N) is 2.